The molecule has 2 unspecified atom stereocenters. The van der Waals surface area contributed by atoms with E-state index in [0.29, 0.717) is 0 Å². The predicted molar refractivity (Wildman–Crippen MR) is 88.5 cm³/mol. The Hall–Kier alpha value is -1.24. The molecule has 0 saturated heterocycles. The SMILES string of the molecule is CS(=O)(=O)CCS(=O)CC(N)c1ccc2ccccc2c1. The molecule has 0 amide bonds. The second-order valence-electron chi connectivity index (χ2n) is 5.15. The summed E-state index contributed by atoms with van der Waals surface area (Å²) in [5.41, 5.74) is 7.00. The van der Waals surface area contributed by atoms with Gasteiger partial charge in [-0.3, -0.25) is 4.21 Å². The average molecular weight is 325 g/mol. The summed E-state index contributed by atoms with van der Waals surface area (Å²) in [6.45, 7) is 0. The van der Waals surface area contributed by atoms with Crippen LogP contribution in [0.5, 0.6) is 0 Å². The Morgan fingerprint density at radius 1 is 1.14 bits per heavy atom. The van der Waals surface area contributed by atoms with Gasteiger partial charge in [-0.15, -0.1) is 0 Å². The minimum absolute atomic E-state index is 0.0654. The van der Waals surface area contributed by atoms with Crippen molar-refractivity contribution in [1.82, 2.24) is 0 Å². The second kappa shape index (κ2) is 6.68. The first kappa shape index (κ1) is 16.1. The highest BCUT2D eigenvalue weighted by Crippen LogP contribution is 2.19. The fourth-order valence-corrected chi connectivity index (χ4v) is 4.78. The van der Waals surface area contributed by atoms with Crippen LogP contribution in [-0.4, -0.2) is 36.1 Å². The van der Waals surface area contributed by atoms with Gasteiger partial charge in [0.05, 0.1) is 5.75 Å². The summed E-state index contributed by atoms with van der Waals surface area (Å²) >= 11 is 0. The number of nitrogens with two attached hydrogens (primary N) is 1. The maximum absolute atomic E-state index is 11.9. The van der Waals surface area contributed by atoms with Crippen molar-refractivity contribution in [2.75, 3.05) is 23.5 Å². The molecular formula is C15H19NO3S2. The Labute approximate surface area is 127 Å². The molecule has 0 fully saturated rings. The fourth-order valence-electron chi connectivity index (χ4n) is 2.06. The Balaban J connectivity index is 2.04. The van der Waals surface area contributed by atoms with Crippen molar-refractivity contribution in [3.63, 3.8) is 0 Å². The molecule has 0 aliphatic heterocycles. The van der Waals surface area contributed by atoms with Gasteiger partial charge in [0.25, 0.3) is 0 Å². The van der Waals surface area contributed by atoms with Crippen LogP contribution >= 0.6 is 0 Å². The monoisotopic (exact) mass is 325 g/mol. The number of sulfone groups is 1. The van der Waals surface area contributed by atoms with Crippen molar-refractivity contribution in [3.8, 4) is 0 Å². The normalized spacial score (nSPS) is 15.0. The third kappa shape index (κ3) is 4.91. The van der Waals surface area contributed by atoms with E-state index < -0.39 is 20.6 Å². The van der Waals surface area contributed by atoms with Crippen LogP contribution in [0.25, 0.3) is 10.8 Å². The first-order valence-corrected chi connectivity index (χ1v) is 10.2. The number of rotatable bonds is 6. The average Bonchev–Trinajstić information content (AvgIpc) is 2.44. The molecule has 0 spiro atoms. The Bertz CT molecular complexity index is 756. The molecule has 0 heterocycles. The van der Waals surface area contributed by atoms with Crippen LogP contribution < -0.4 is 5.73 Å². The van der Waals surface area contributed by atoms with E-state index in [2.05, 4.69) is 0 Å². The maximum atomic E-state index is 11.9. The zero-order valence-electron chi connectivity index (χ0n) is 11.9. The molecule has 0 aliphatic rings. The second-order valence-corrected chi connectivity index (χ2v) is 9.03. The summed E-state index contributed by atoms with van der Waals surface area (Å²) in [7, 11) is -4.32. The topological polar surface area (TPSA) is 77.2 Å². The summed E-state index contributed by atoms with van der Waals surface area (Å²) in [6.07, 6.45) is 1.15. The molecule has 2 N–H and O–H groups in total. The van der Waals surface area contributed by atoms with E-state index >= 15 is 0 Å². The summed E-state index contributed by atoms with van der Waals surface area (Å²) in [6, 6.07) is 13.5. The molecule has 0 radical (unpaired) electrons. The lowest BCUT2D eigenvalue weighted by Crippen LogP contribution is -2.22. The van der Waals surface area contributed by atoms with Crippen LogP contribution in [0.15, 0.2) is 42.5 Å². The molecular weight excluding hydrogens is 306 g/mol. The van der Waals surface area contributed by atoms with E-state index in [9.17, 15) is 12.6 Å². The number of hydrogen-bond acceptors (Lipinski definition) is 4. The van der Waals surface area contributed by atoms with E-state index in [1.54, 1.807) is 0 Å². The number of hydrogen-bond donors (Lipinski definition) is 1. The largest absolute Gasteiger partial charge is 0.323 e. The van der Waals surface area contributed by atoms with Crippen molar-refractivity contribution in [3.05, 3.63) is 48.0 Å². The summed E-state index contributed by atoms with van der Waals surface area (Å²) in [5.74, 6) is 0.345. The van der Waals surface area contributed by atoms with E-state index in [0.717, 1.165) is 22.6 Å². The van der Waals surface area contributed by atoms with Crippen LogP contribution in [0.2, 0.25) is 0 Å². The summed E-state index contributed by atoms with van der Waals surface area (Å²) in [4.78, 5) is 0. The van der Waals surface area contributed by atoms with Gasteiger partial charge < -0.3 is 5.73 Å². The van der Waals surface area contributed by atoms with E-state index in [-0.39, 0.29) is 23.3 Å². The Morgan fingerprint density at radius 2 is 1.81 bits per heavy atom. The predicted octanol–water partition coefficient (Wildman–Crippen LogP) is 1.63. The fraction of sp³-hybridized carbons (Fsp3) is 0.333. The van der Waals surface area contributed by atoms with Crippen molar-refractivity contribution in [1.29, 1.82) is 0 Å². The van der Waals surface area contributed by atoms with Gasteiger partial charge in [0.2, 0.25) is 0 Å². The van der Waals surface area contributed by atoms with Gasteiger partial charge in [-0.2, -0.15) is 0 Å². The van der Waals surface area contributed by atoms with Gasteiger partial charge in [0.15, 0.2) is 0 Å². The lowest BCUT2D eigenvalue weighted by atomic mass is 10.0. The number of fused-ring (bicyclic) bond motifs is 1. The lowest BCUT2D eigenvalue weighted by Gasteiger charge is -2.12. The van der Waals surface area contributed by atoms with Crippen molar-refractivity contribution in [2.45, 2.75) is 6.04 Å². The lowest BCUT2D eigenvalue weighted by molar-refractivity contribution is 0.602. The molecule has 0 saturated carbocycles. The Morgan fingerprint density at radius 3 is 2.48 bits per heavy atom. The highest BCUT2D eigenvalue weighted by atomic mass is 32.2. The van der Waals surface area contributed by atoms with Gasteiger partial charge in [-0.05, 0) is 22.4 Å². The van der Waals surface area contributed by atoms with Crippen LogP contribution in [0.3, 0.4) is 0 Å². The Kier molecular flexibility index (Phi) is 5.13. The zero-order chi connectivity index (χ0) is 15.5. The van der Waals surface area contributed by atoms with Gasteiger partial charge in [-0.25, -0.2) is 8.42 Å². The van der Waals surface area contributed by atoms with Crippen LogP contribution in [-0.2, 0) is 20.6 Å². The van der Waals surface area contributed by atoms with Gasteiger partial charge >= 0.3 is 0 Å². The summed E-state index contributed by atoms with van der Waals surface area (Å²) < 4.78 is 34.0. The van der Waals surface area contributed by atoms with Crippen molar-refractivity contribution < 1.29 is 12.6 Å². The smallest absolute Gasteiger partial charge is 0.148 e. The molecule has 114 valence electrons. The van der Waals surface area contributed by atoms with Crippen molar-refractivity contribution >= 4 is 31.4 Å². The third-order valence-electron chi connectivity index (χ3n) is 3.25. The van der Waals surface area contributed by atoms with Crippen LogP contribution in [0, 0.1) is 0 Å². The molecule has 6 heteroatoms. The van der Waals surface area contributed by atoms with Crippen LogP contribution in [0.1, 0.15) is 11.6 Å². The molecule has 0 aromatic heterocycles. The first-order chi connectivity index (χ1) is 9.85. The maximum Gasteiger partial charge on any atom is 0.148 e. The quantitative estimate of drug-likeness (QED) is 0.876. The molecule has 2 rings (SSSR count). The standard InChI is InChI=1S/C15H19NO3S2/c1-21(18,19)9-8-20(17)11-15(16)14-7-6-12-4-2-3-5-13(12)10-14/h2-7,10,15H,8-9,11,16H2,1H3. The zero-order valence-corrected chi connectivity index (χ0v) is 13.5. The first-order valence-electron chi connectivity index (χ1n) is 6.62. The van der Waals surface area contributed by atoms with Gasteiger partial charge in [0.1, 0.15) is 9.84 Å². The highest BCUT2D eigenvalue weighted by Gasteiger charge is 2.13. The molecule has 2 atom stereocenters. The molecule has 21 heavy (non-hydrogen) atoms. The molecule has 2 aromatic carbocycles. The van der Waals surface area contributed by atoms with E-state index in [1.165, 1.54) is 0 Å². The highest BCUT2D eigenvalue weighted by molar-refractivity contribution is 7.92. The van der Waals surface area contributed by atoms with Crippen LogP contribution in [0.4, 0.5) is 0 Å². The van der Waals surface area contributed by atoms with Gasteiger partial charge in [-0.1, -0.05) is 36.4 Å². The van der Waals surface area contributed by atoms with Gasteiger partial charge in [0, 0.05) is 34.6 Å². The number of benzene rings is 2. The molecule has 0 aliphatic carbocycles. The van der Waals surface area contributed by atoms with Crippen molar-refractivity contribution in [2.24, 2.45) is 5.73 Å². The minimum atomic E-state index is -3.08. The minimum Gasteiger partial charge on any atom is -0.323 e. The molecule has 2 aromatic rings. The third-order valence-corrected chi connectivity index (χ3v) is 5.84. The van der Waals surface area contributed by atoms with E-state index in [1.807, 2.05) is 42.5 Å². The van der Waals surface area contributed by atoms with E-state index in [4.69, 9.17) is 5.73 Å². The summed E-state index contributed by atoms with van der Waals surface area (Å²) in [5, 5.41) is 2.22. The molecule has 0 bridgehead atoms. The molecule has 4 nitrogen and oxygen atoms in total.